The molecule has 3 N–H and O–H groups in total. The molecule has 8 nitrogen and oxygen atoms in total. The fraction of sp³-hybridized carbons (Fsp3) is 0.391. The molecule has 1 aliphatic rings. The number of imide groups is 1. The third-order valence-corrected chi connectivity index (χ3v) is 5.45. The normalized spacial score (nSPS) is 18.1. The van der Waals surface area contributed by atoms with E-state index in [4.69, 9.17) is 4.74 Å². The molecule has 1 fully saturated rings. The maximum Gasteiger partial charge on any atom is 0.325 e. The van der Waals surface area contributed by atoms with Crippen molar-refractivity contribution in [3.05, 3.63) is 48.0 Å². The summed E-state index contributed by atoms with van der Waals surface area (Å²) in [6.45, 7) is 1.09. The number of rotatable bonds is 6. The van der Waals surface area contributed by atoms with Gasteiger partial charge in [0.25, 0.3) is 11.8 Å². The largest absolute Gasteiger partial charge is 0.454 e. The molecule has 0 radical (unpaired) electrons. The highest BCUT2D eigenvalue weighted by Crippen LogP contribution is 2.23. The molecule has 3 rings (SSSR count). The summed E-state index contributed by atoms with van der Waals surface area (Å²) < 4.78 is 4.83. The van der Waals surface area contributed by atoms with Crippen LogP contribution >= 0.6 is 0 Å². The van der Waals surface area contributed by atoms with Gasteiger partial charge in [0, 0.05) is 11.6 Å². The van der Waals surface area contributed by atoms with Crippen molar-refractivity contribution in [3.63, 3.8) is 0 Å². The van der Waals surface area contributed by atoms with Crippen molar-refractivity contribution in [2.24, 2.45) is 5.92 Å². The number of carbonyl (C=O) groups is 4. The number of hydrogen-bond donors (Lipinski definition) is 3. The van der Waals surface area contributed by atoms with Gasteiger partial charge in [-0.05, 0) is 41.7 Å². The molecule has 0 spiro atoms. The molecule has 1 aliphatic carbocycles. The molecule has 2 aromatic carbocycles. The number of carbonyl (C=O) groups excluding carboxylic acids is 4. The van der Waals surface area contributed by atoms with Gasteiger partial charge in [-0.1, -0.05) is 50.1 Å². The minimum absolute atomic E-state index is 0.0365. The van der Waals surface area contributed by atoms with Gasteiger partial charge < -0.3 is 15.4 Å². The first-order valence-corrected chi connectivity index (χ1v) is 10.5. The second-order valence-electron chi connectivity index (χ2n) is 7.80. The zero-order chi connectivity index (χ0) is 22.2. The van der Waals surface area contributed by atoms with Gasteiger partial charge in [0.15, 0.2) is 6.61 Å². The maximum absolute atomic E-state index is 12.2. The predicted molar refractivity (Wildman–Crippen MR) is 115 cm³/mol. The number of amides is 4. The van der Waals surface area contributed by atoms with Crippen molar-refractivity contribution < 1.29 is 23.9 Å². The molecule has 2 aromatic rings. The Morgan fingerprint density at radius 1 is 1.00 bits per heavy atom. The van der Waals surface area contributed by atoms with Crippen LogP contribution in [0.25, 0.3) is 10.8 Å². The zero-order valence-electron chi connectivity index (χ0n) is 17.5. The lowest BCUT2D eigenvalue weighted by Gasteiger charge is -2.29. The quantitative estimate of drug-likeness (QED) is 0.616. The summed E-state index contributed by atoms with van der Waals surface area (Å²) in [7, 11) is 0. The summed E-state index contributed by atoms with van der Waals surface area (Å²) in [5.41, 5.74) is 0.415. The standard InChI is InChI=1S/C23H27N3O5/c1-15-6-2-5-9-19(15)25-23(30)26-20(27)14-31-21(28)13-24-22(29)18-11-10-16-7-3-4-8-17(16)12-18/h3-4,7-8,10-12,15,19H,2,5-6,9,13-14H2,1H3,(H,24,29)(H2,25,26,27,30)/t15-,19-/m0/s1. The van der Waals surface area contributed by atoms with E-state index in [1.165, 1.54) is 0 Å². The van der Waals surface area contributed by atoms with E-state index < -0.39 is 30.4 Å². The Balaban J connectivity index is 1.37. The van der Waals surface area contributed by atoms with Crippen molar-refractivity contribution >= 4 is 34.6 Å². The number of fused-ring (bicyclic) bond motifs is 1. The Morgan fingerprint density at radius 2 is 1.74 bits per heavy atom. The second-order valence-corrected chi connectivity index (χ2v) is 7.80. The summed E-state index contributed by atoms with van der Waals surface area (Å²) in [4.78, 5) is 47.8. The Labute approximate surface area is 180 Å². The molecule has 4 amide bonds. The van der Waals surface area contributed by atoms with Crippen LogP contribution in [-0.4, -0.2) is 43.0 Å². The SMILES string of the molecule is C[C@H]1CCCC[C@@H]1NC(=O)NC(=O)COC(=O)CNC(=O)c1ccc2ccccc2c1. The van der Waals surface area contributed by atoms with Gasteiger partial charge in [-0.2, -0.15) is 0 Å². The summed E-state index contributed by atoms with van der Waals surface area (Å²) in [6.07, 6.45) is 4.12. The van der Waals surface area contributed by atoms with Gasteiger partial charge >= 0.3 is 12.0 Å². The first-order valence-electron chi connectivity index (χ1n) is 10.5. The molecule has 164 valence electrons. The third-order valence-electron chi connectivity index (χ3n) is 5.45. The van der Waals surface area contributed by atoms with Crippen LogP contribution in [0.1, 0.15) is 43.0 Å². The van der Waals surface area contributed by atoms with E-state index in [-0.39, 0.29) is 12.6 Å². The summed E-state index contributed by atoms with van der Waals surface area (Å²) in [6, 6.07) is 12.3. The molecule has 2 atom stereocenters. The number of urea groups is 1. The fourth-order valence-electron chi connectivity index (χ4n) is 3.68. The van der Waals surface area contributed by atoms with E-state index in [2.05, 4.69) is 22.9 Å². The maximum atomic E-state index is 12.2. The molecule has 31 heavy (non-hydrogen) atoms. The van der Waals surface area contributed by atoms with Crippen LogP contribution in [-0.2, 0) is 14.3 Å². The Bertz CT molecular complexity index is 975. The topological polar surface area (TPSA) is 114 Å². The van der Waals surface area contributed by atoms with Gasteiger partial charge in [-0.25, -0.2) is 4.79 Å². The van der Waals surface area contributed by atoms with Crippen LogP contribution in [0.2, 0.25) is 0 Å². The van der Waals surface area contributed by atoms with Crippen molar-refractivity contribution in [1.82, 2.24) is 16.0 Å². The van der Waals surface area contributed by atoms with Crippen LogP contribution in [0.4, 0.5) is 4.79 Å². The summed E-state index contributed by atoms with van der Waals surface area (Å²) in [5, 5.41) is 9.33. The Hall–Kier alpha value is -3.42. The zero-order valence-corrected chi connectivity index (χ0v) is 17.5. The van der Waals surface area contributed by atoms with Gasteiger partial charge in [-0.3, -0.25) is 19.7 Å². The summed E-state index contributed by atoms with van der Waals surface area (Å²) >= 11 is 0. The number of ether oxygens (including phenoxy) is 1. The van der Waals surface area contributed by atoms with E-state index in [1.54, 1.807) is 12.1 Å². The molecule has 8 heteroatoms. The molecule has 1 saturated carbocycles. The van der Waals surface area contributed by atoms with E-state index in [0.717, 1.165) is 36.5 Å². The van der Waals surface area contributed by atoms with Crippen LogP contribution in [0, 0.1) is 5.92 Å². The highest BCUT2D eigenvalue weighted by atomic mass is 16.5. The van der Waals surface area contributed by atoms with Crippen molar-refractivity contribution in [2.75, 3.05) is 13.2 Å². The highest BCUT2D eigenvalue weighted by molar-refractivity contribution is 6.00. The lowest BCUT2D eigenvalue weighted by molar-refractivity contribution is -0.147. The lowest BCUT2D eigenvalue weighted by atomic mass is 9.86. The van der Waals surface area contributed by atoms with Crippen LogP contribution in [0.15, 0.2) is 42.5 Å². The summed E-state index contributed by atoms with van der Waals surface area (Å²) in [5.74, 6) is -1.56. The van der Waals surface area contributed by atoms with Gasteiger partial charge in [0.05, 0.1) is 0 Å². The van der Waals surface area contributed by atoms with Crippen LogP contribution < -0.4 is 16.0 Å². The minimum atomic E-state index is -0.773. The molecule has 0 bridgehead atoms. The minimum Gasteiger partial charge on any atom is -0.454 e. The molecular weight excluding hydrogens is 398 g/mol. The van der Waals surface area contributed by atoms with Crippen molar-refractivity contribution in [2.45, 2.75) is 38.6 Å². The number of hydrogen-bond acceptors (Lipinski definition) is 5. The van der Waals surface area contributed by atoms with E-state index in [0.29, 0.717) is 11.5 Å². The van der Waals surface area contributed by atoms with Crippen molar-refractivity contribution in [3.8, 4) is 0 Å². The molecular formula is C23H27N3O5. The molecule has 0 aromatic heterocycles. The molecule has 0 unspecified atom stereocenters. The van der Waals surface area contributed by atoms with Gasteiger partial charge in [0.1, 0.15) is 6.54 Å². The van der Waals surface area contributed by atoms with E-state index in [1.807, 2.05) is 30.3 Å². The second kappa shape index (κ2) is 10.6. The fourth-order valence-corrected chi connectivity index (χ4v) is 3.68. The van der Waals surface area contributed by atoms with Crippen LogP contribution in [0.3, 0.4) is 0 Å². The van der Waals surface area contributed by atoms with Gasteiger partial charge in [-0.15, -0.1) is 0 Å². The molecule has 0 saturated heterocycles. The number of benzene rings is 2. The predicted octanol–water partition coefficient (Wildman–Crippen LogP) is 2.52. The average Bonchev–Trinajstić information content (AvgIpc) is 2.77. The molecule has 0 aliphatic heterocycles. The first kappa shape index (κ1) is 22.3. The Kier molecular flexibility index (Phi) is 7.59. The number of esters is 1. The Morgan fingerprint density at radius 3 is 2.52 bits per heavy atom. The van der Waals surface area contributed by atoms with E-state index >= 15 is 0 Å². The van der Waals surface area contributed by atoms with Crippen LogP contribution in [0.5, 0.6) is 0 Å². The average molecular weight is 425 g/mol. The third kappa shape index (κ3) is 6.53. The van der Waals surface area contributed by atoms with Gasteiger partial charge in [0.2, 0.25) is 0 Å². The van der Waals surface area contributed by atoms with Crippen molar-refractivity contribution in [1.29, 1.82) is 0 Å². The molecule has 0 heterocycles. The smallest absolute Gasteiger partial charge is 0.325 e. The highest BCUT2D eigenvalue weighted by Gasteiger charge is 2.23. The monoisotopic (exact) mass is 425 g/mol. The number of nitrogens with one attached hydrogen (secondary N) is 3. The lowest BCUT2D eigenvalue weighted by Crippen LogP contribution is -2.48. The van der Waals surface area contributed by atoms with E-state index in [9.17, 15) is 19.2 Å². The first-order chi connectivity index (χ1) is 14.9.